The van der Waals surface area contributed by atoms with Gasteiger partial charge in [0.15, 0.2) is 16.8 Å². The zero-order valence-corrected chi connectivity index (χ0v) is 22.3. The molecular formula is C33H26N4OS. The summed E-state index contributed by atoms with van der Waals surface area (Å²) in [7, 11) is 0. The van der Waals surface area contributed by atoms with Crippen molar-refractivity contribution in [3.05, 3.63) is 120 Å². The third kappa shape index (κ3) is 5.24. The highest BCUT2D eigenvalue weighted by Crippen LogP contribution is 2.29. The number of benzene rings is 5. The first-order valence-corrected chi connectivity index (χ1v) is 13.8. The van der Waals surface area contributed by atoms with Gasteiger partial charge in [0.1, 0.15) is 0 Å². The van der Waals surface area contributed by atoms with Gasteiger partial charge in [-0.2, -0.15) is 0 Å². The molecule has 0 unspecified atom stereocenters. The minimum Gasteiger partial charge on any atom is -0.297 e. The van der Waals surface area contributed by atoms with Crippen LogP contribution in [0.15, 0.2) is 119 Å². The van der Waals surface area contributed by atoms with Crippen LogP contribution in [0.1, 0.15) is 11.1 Å². The molecule has 6 aromatic rings. The van der Waals surface area contributed by atoms with Gasteiger partial charge in [-0.1, -0.05) is 108 Å². The molecular weight excluding hydrogens is 500 g/mol. The molecule has 0 aliphatic carbocycles. The second-order valence-corrected chi connectivity index (χ2v) is 10.3. The van der Waals surface area contributed by atoms with Crippen LogP contribution in [-0.4, -0.2) is 39.1 Å². The Morgan fingerprint density at radius 1 is 0.821 bits per heavy atom. The lowest BCUT2D eigenvalue weighted by atomic mass is 9.97. The summed E-state index contributed by atoms with van der Waals surface area (Å²) in [6.45, 7) is 2.17. The number of rotatable bonds is 8. The Morgan fingerprint density at radius 3 is 2.15 bits per heavy atom. The molecule has 0 atom stereocenters. The highest BCUT2D eigenvalue weighted by atomic mass is 32.2. The minimum absolute atomic E-state index is 0.0282. The van der Waals surface area contributed by atoms with Crippen molar-refractivity contribution in [1.82, 2.24) is 14.8 Å². The summed E-state index contributed by atoms with van der Waals surface area (Å²) in [4.78, 5) is 17.5. The van der Waals surface area contributed by atoms with Crippen LogP contribution in [0.2, 0.25) is 0 Å². The van der Waals surface area contributed by atoms with Crippen molar-refractivity contribution in [3.63, 3.8) is 0 Å². The Bertz CT molecular complexity index is 1750. The summed E-state index contributed by atoms with van der Waals surface area (Å²) in [5.41, 5.74) is 4.14. The van der Waals surface area contributed by atoms with Gasteiger partial charge in [-0.05, 0) is 46.7 Å². The van der Waals surface area contributed by atoms with Gasteiger partial charge < -0.3 is 0 Å². The normalized spacial score (nSPS) is 11.5. The maximum Gasteiger partial charge on any atom is 0.196 e. The zero-order chi connectivity index (χ0) is 26.6. The molecule has 5 aromatic carbocycles. The van der Waals surface area contributed by atoms with E-state index in [1.807, 2.05) is 65.4 Å². The first kappa shape index (κ1) is 24.8. The van der Waals surface area contributed by atoms with E-state index in [9.17, 15) is 4.79 Å². The summed E-state index contributed by atoms with van der Waals surface area (Å²) in [6, 6.07) is 37.0. The summed E-state index contributed by atoms with van der Waals surface area (Å²) in [5, 5.41) is 14.2. The van der Waals surface area contributed by atoms with E-state index < -0.39 is 0 Å². The maximum atomic E-state index is 12.9. The summed E-state index contributed by atoms with van der Waals surface area (Å²) in [5.74, 6) is 1.03. The van der Waals surface area contributed by atoms with E-state index in [0.717, 1.165) is 44.2 Å². The average Bonchev–Trinajstić information content (AvgIpc) is 3.40. The first-order valence-electron chi connectivity index (χ1n) is 12.8. The minimum atomic E-state index is 0.0282. The van der Waals surface area contributed by atoms with E-state index in [1.54, 1.807) is 0 Å². The Kier molecular flexibility index (Phi) is 7.02. The number of aromatic nitrogens is 3. The van der Waals surface area contributed by atoms with Crippen molar-refractivity contribution < 1.29 is 4.79 Å². The number of Topliss-reactive ketones (excluding diaryl/α,β-unsaturated/α-hetero) is 1. The molecule has 0 saturated carbocycles. The number of hydrogen-bond acceptors (Lipinski definition) is 5. The highest BCUT2D eigenvalue weighted by Gasteiger charge is 2.17. The third-order valence-corrected chi connectivity index (χ3v) is 7.61. The number of fused-ring (bicyclic) bond motifs is 2. The topological polar surface area (TPSA) is 60.1 Å². The molecule has 0 radical (unpaired) electrons. The molecule has 190 valence electrons. The molecule has 0 aliphatic rings. The zero-order valence-electron chi connectivity index (χ0n) is 21.5. The Balaban J connectivity index is 1.22. The molecule has 6 rings (SSSR count). The highest BCUT2D eigenvalue weighted by molar-refractivity contribution is 7.99. The number of carbonyl (C=O) groups is 1. The maximum absolute atomic E-state index is 12.9. The lowest BCUT2D eigenvalue weighted by Gasteiger charge is -2.10. The van der Waals surface area contributed by atoms with Crippen molar-refractivity contribution >= 4 is 45.3 Å². The van der Waals surface area contributed by atoms with E-state index in [1.165, 1.54) is 17.3 Å². The molecule has 0 saturated heterocycles. The Labute approximate surface area is 231 Å². The second-order valence-electron chi connectivity index (χ2n) is 9.37. The second kappa shape index (κ2) is 11.1. The van der Waals surface area contributed by atoms with Crippen molar-refractivity contribution in [1.29, 1.82) is 0 Å². The lowest BCUT2D eigenvalue weighted by Crippen LogP contribution is -2.08. The fraction of sp³-hybridized carbons (Fsp3) is 0.0909. The number of hydrogen-bond donors (Lipinski definition) is 0. The largest absolute Gasteiger partial charge is 0.297 e. The molecule has 0 fully saturated rings. The van der Waals surface area contributed by atoms with E-state index in [0.29, 0.717) is 5.16 Å². The van der Waals surface area contributed by atoms with E-state index in [2.05, 4.69) is 76.7 Å². The van der Waals surface area contributed by atoms with Crippen LogP contribution in [0.3, 0.4) is 0 Å². The van der Waals surface area contributed by atoms with Crippen LogP contribution in [0.5, 0.6) is 0 Å². The number of nitrogens with zero attached hydrogens (tertiary/aromatic N) is 4. The quantitative estimate of drug-likeness (QED) is 0.118. The Hall–Kier alpha value is -4.55. The predicted molar refractivity (Wildman–Crippen MR) is 161 cm³/mol. The summed E-state index contributed by atoms with van der Waals surface area (Å²) < 4.78 is 2.01. The standard InChI is InChI=1S/C33H26N4OS/c1-23-15-17-27(18-16-23)37-32(24-9-3-2-4-10-24)35-36-33(37)39-22-28(38)20-34-21-31-29-13-7-5-11-25(29)19-26-12-6-8-14-30(26)31/h2-19,21H,20,22H2,1H3. The van der Waals surface area contributed by atoms with Crippen molar-refractivity contribution in [2.45, 2.75) is 12.1 Å². The van der Waals surface area contributed by atoms with Gasteiger partial charge in [0.25, 0.3) is 0 Å². The van der Waals surface area contributed by atoms with E-state index in [-0.39, 0.29) is 18.1 Å². The smallest absolute Gasteiger partial charge is 0.196 e. The number of ketones is 1. The fourth-order valence-corrected chi connectivity index (χ4v) is 5.48. The van der Waals surface area contributed by atoms with Crippen molar-refractivity contribution in [2.24, 2.45) is 4.99 Å². The average molecular weight is 527 g/mol. The van der Waals surface area contributed by atoms with Crippen LogP contribution < -0.4 is 0 Å². The van der Waals surface area contributed by atoms with Gasteiger partial charge in [-0.15, -0.1) is 10.2 Å². The van der Waals surface area contributed by atoms with Gasteiger partial charge in [0, 0.05) is 23.0 Å². The molecule has 0 aliphatic heterocycles. The summed E-state index contributed by atoms with van der Waals surface area (Å²) in [6.07, 6.45) is 1.84. The number of aliphatic imine (C=N–C) groups is 1. The third-order valence-electron chi connectivity index (χ3n) is 6.62. The van der Waals surface area contributed by atoms with Crippen LogP contribution in [-0.2, 0) is 4.79 Å². The lowest BCUT2D eigenvalue weighted by molar-refractivity contribution is -0.115. The fourth-order valence-electron chi connectivity index (χ4n) is 4.68. The van der Waals surface area contributed by atoms with Crippen LogP contribution in [0, 0.1) is 6.92 Å². The van der Waals surface area contributed by atoms with Gasteiger partial charge in [-0.25, -0.2) is 0 Å². The molecule has 39 heavy (non-hydrogen) atoms. The van der Waals surface area contributed by atoms with Crippen molar-refractivity contribution in [2.75, 3.05) is 12.3 Å². The first-order chi connectivity index (χ1) is 19.2. The summed E-state index contributed by atoms with van der Waals surface area (Å²) >= 11 is 1.39. The number of thioether (sulfide) groups is 1. The van der Waals surface area contributed by atoms with Crippen LogP contribution >= 0.6 is 11.8 Å². The van der Waals surface area contributed by atoms with Gasteiger partial charge >= 0.3 is 0 Å². The SMILES string of the molecule is Cc1ccc(-n2c(SCC(=O)CN=Cc3c4ccccc4cc4ccccc34)nnc2-c2ccccc2)cc1. The Morgan fingerprint density at radius 2 is 1.46 bits per heavy atom. The van der Waals surface area contributed by atoms with Crippen molar-refractivity contribution in [3.8, 4) is 17.1 Å². The van der Waals surface area contributed by atoms with Gasteiger partial charge in [0.2, 0.25) is 0 Å². The number of carbonyl (C=O) groups excluding carboxylic acids is 1. The molecule has 1 heterocycles. The molecule has 0 bridgehead atoms. The van der Waals surface area contributed by atoms with Gasteiger partial charge in [-0.3, -0.25) is 14.4 Å². The molecule has 6 heteroatoms. The van der Waals surface area contributed by atoms with Gasteiger partial charge in [0.05, 0.1) is 12.3 Å². The monoisotopic (exact) mass is 526 g/mol. The molecule has 1 aromatic heterocycles. The molecule has 0 spiro atoms. The van der Waals surface area contributed by atoms with Crippen LogP contribution in [0.25, 0.3) is 38.6 Å². The van der Waals surface area contributed by atoms with E-state index in [4.69, 9.17) is 0 Å². The predicted octanol–water partition coefficient (Wildman–Crippen LogP) is 7.33. The molecule has 0 N–H and O–H groups in total. The molecule has 5 nitrogen and oxygen atoms in total. The molecule has 0 amide bonds. The van der Waals surface area contributed by atoms with E-state index >= 15 is 0 Å². The van der Waals surface area contributed by atoms with Crippen LogP contribution in [0.4, 0.5) is 0 Å². The number of aryl methyl sites for hydroxylation is 1.